The Morgan fingerprint density at radius 1 is 0.810 bits per heavy atom. The van der Waals surface area contributed by atoms with E-state index in [0.29, 0.717) is 12.0 Å². The first-order chi connectivity index (χ1) is 10.3. The van der Waals surface area contributed by atoms with Gasteiger partial charge in [0.25, 0.3) is 0 Å². The number of fused-ring (bicyclic) bond motifs is 1. The van der Waals surface area contributed by atoms with Crippen molar-refractivity contribution >= 4 is 10.8 Å². The molecule has 0 radical (unpaired) electrons. The third-order valence-corrected chi connectivity index (χ3v) is 3.65. The second kappa shape index (κ2) is 5.78. The molecule has 0 aliphatic carbocycles. The lowest BCUT2D eigenvalue weighted by molar-refractivity contribution is 0.299. The lowest BCUT2D eigenvalue weighted by Crippen LogP contribution is -1.90. The monoisotopic (exact) mass is 273 g/mol. The van der Waals surface area contributed by atoms with E-state index in [1.54, 1.807) is 0 Å². The molecule has 0 aromatic heterocycles. The van der Waals surface area contributed by atoms with Crippen molar-refractivity contribution in [1.29, 1.82) is 5.26 Å². The molecule has 0 spiro atoms. The van der Waals surface area contributed by atoms with Gasteiger partial charge >= 0.3 is 0 Å². The molecule has 2 nitrogen and oxygen atoms in total. The Bertz CT molecular complexity index is 813. The number of rotatable bonds is 3. The third kappa shape index (κ3) is 2.79. The van der Waals surface area contributed by atoms with E-state index >= 15 is 0 Å². The summed E-state index contributed by atoms with van der Waals surface area (Å²) in [6, 6.07) is 22.4. The van der Waals surface area contributed by atoms with Crippen LogP contribution in [0.25, 0.3) is 21.9 Å². The zero-order valence-corrected chi connectivity index (χ0v) is 11.6. The van der Waals surface area contributed by atoms with Gasteiger partial charge in [0.15, 0.2) is 0 Å². The van der Waals surface area contributed by atoms with E-state index in [4.69, 9.17) is 10.4 Å². The molecule has 3 rings (SSSR count). The van der Waals surface area contributed by atoms with Gasteiger partial charge in [-0.25, -0.2) is 0 Å². The number of aliphatic hydroxyl groups is 1. The van der Waals surface area contributed by atoms with E-state index in [1.165, 1.54) is 10.8 Å². The van der Waals surface area contributed by atoms with Crippen LogP contribution in [0.5, 0.6) is 0 Å². The fourth-order valence-electron chi connectivity index (χ4n) is 2.50. The van der Waals surface area contributed by atoms with Gasteiger partial charge in [0.2, 0.25) is 0 Å². The van der Waals surface area contributed by atoms with Gasteiger partial charge in [-0.3, -0.25) is 0 Å². The number of hydrogen-bond acceptors (Lipinski definition) is 2. The number of nitrogens with zero attached hydrogens (tertiary/aromatic N) is 1. The Labute approximate surface area is 123 Å². The molecule has 0 saturated carbocycles. The highest BCUT2D eigenvalue weighted by atomic mass is 16.2. The second-order valence-electron chi connectivity index (χ2n) is 5.06. The Morgan fingerprint density at radius 3 is 2.19 bits per heavy atom. The van der Waals surface area contributed by atoms with Crippen LogP contribution in [0.3, 0.4) is 0 Å². The summed E-state index contributed by atoms with van der Waals surface area (Å²) in [7, 11) is 0. The lowest BCUT2D eigenvalue weighted by atomic mass is 9.99. The van der Waals surface area contributed by atoms with Crippen molar-refractivity contribution in [2.24, 2.45) is 0 Å². The van der Waals surface area contributed by atoms with Crippen LogP contribution in [0, 0.1) is 11.3 Å². The Morgan fingerprint density at radius 2 is 1.48 bits per heavy atom. The predicted molar refractivity (Wildman–Crippen MR) is 84.9 cm³/mol. The van der Waals surface area contributed by atoms with Crippen molar-refractivity contribution in [3.8, 4) is 17.2 Å². The van der Waals surface area contributed by atoms with Crippen LogP contribution in [0.15, 0.2) is 60.7 Å². The van der Waals surface area contributed by atoms with Crippen LogP contribution >= 0.6 is 0 Å². The van der Waals surface area contributed by atoms with Crippen LogP contribution in [-0.2, 0) is 6.42 Å². The highest BCUT2D eigenvalue weighted by molar-refractivity contribution is 5.87. The van der Waals surface area contributed by atoms with E-state index in [0.717, 1.165) is 16.7 Å². The zero-order chi connectivity index (χ0) is 14.7. The molecule has 3 aromatic carbocycles. The van der Waals surface area contributed by atoms with Crippen LogP contribution < -0.4 is 0 Å². The van der Waals surface area contributed by atoms with Gasteiger partial charge in [-0.15, -0.1) is 0 Å². The molecule has 0 fully saturated rings. The molecule has 21 heavy (non-hydrogen) atoms. The zero-order valence-electron chi connectivity index (χ0n) is 11.6. The van der Waals surface area contributed by atoms with Gasteiger partial charge in [-0.2, -0.15) is 5.26 Å². The smallest absolute Gasteiger partial charge is 0.0991 e. The molecule has 0 atom stereocenters. The summed E-state index contributed by atoms with van der Waals surface area (Å²) in [5.41, 5.74) is 4.07. The van der Waals surface area contributed by atoms with E-state index in [1.807, 2.05) is 24.3 Å². The normalized spacial score (nSPS) is 10.5. The first kappa shape index (κ1) is 13.4. The minimum atomic E-state index is 0.175. The van der Waals surface area contributed by atoms with Crippen LogP contribution in [0.1, 0.15) is 11.1 Å². The van der Waals surface area contributed by atoms with Crippen molar-refractivity contribution in [1.82, 2.24) is 0 Å². The first-order valence-electron chi connectivity index (χ1n) is 6.94. The van der Waals surface area contributed by atoms with Gasteiger partial charge < -0.3 is 5.11 Å². The van der Waals surface area contributed by atoms with Gasteiger partial charge in [0, 0.05) is 6.61 Å². The van der Waals surface area contributed by atoms with Gasteiger partial charge in [-0.1, -0.05) is 42.5 Å². The molecule has 3 aromatic rings. The van der Waals surface area contributed by atoms with Crippen molar-refractivity contribution in [2.45, 2.75) is 6.42 Å². The predicted octanol–water partition coefficient (Wildman–Crippen LogP) is 3.91. The van der Waals surface area contributed by atoms with E-state index in [-0.39, 0.29) is 6.61 Å². The summed E-state index contributed by atoms with van der Waals surface area (Å²) in [5, 5.41) is 20.2. The standard InChI is InChI=1S/C19H15NO/c20-13-15-2-4-16(5-3-15)18-8-7-17-11-14(9-10-21)1-6-19(17)12-18/h1-8,11-12,21H,9-10H2. The molecule has 0 aliphatic heterocycles. The molecule has 0 aliphatic rings. The first-order valence-corrected chi connectivity index (χ1v) is 6.94. The number of hydrogen-bond donors (Lipinski definition) is 1. The average Bonchev–Trinajstić information content (AvgIpc) is 2.55. The van der Waals surface area contributed by atoms with Gasteiger partial charge in [-0.05, 0) is 52.1 Å². The molecule has 2 heteroatoms. The molecular weight excluding hydrogens is 258 g/mol. The second-order valence-corrected chi connectivity index (χ2v) is 5.06. The maximum Gasteiger partial charge on any atom is 0.0991 e. The van der Waals surface area contributed by atoms with Crippen LogP contribution in [0.2, 0.25) is 0 Å². The molecule has 102 valence electrons. The summed E-state index contributed by atoms with van der Waals surface area (Å²) in [6.07, 6.45) is 0.688. The largest absolute Gasteiger partial charge is 0.396 e. The van der Waals surface area contributed by atoms with Crippen molar-refractivity contribution in [3.63, 3.8) is 0 Å². The minimum Gasteiger partial charge on any atom is -0.396 e. The summed E-state index contributed by atoms with van der Waals surface area (Å²) < 4.78 is 0. The topological polar surface area (TPSA) is 44.0 Å². The van der Waals surface area contributed by atoms with E-state index in [2.05, 4.69) is 42.5 Å². The summed E-state index contributed by atoms with van der Waals surface area (Å²) >= 11 is 0. The molecular formula is C19H15NO. The van der Waals surface area contributed by atoms with E-state index < -0.39 is 0 Å². The molecule has 0 unspecified atom stereocenters. The highest BCUT2D eigenvalue weighted by Crippen LogP contribution is 2.25. The fraction of sp³-hybridized carbons (Fsp3) is 0.105. The Hall–Kier alpha value is -2.63. The number of aliphatic hydroxyl groups excluding tert-OH is 1. The molecule has 0 saturated heterocycles. The quantitative estimate of drug-likeness (QED) is 0.786. The number of benzene rings is 3. The maximum absolute atomic E-state index is 9.00. The van der Waals surface area contributed by atoms with Gasteiger partial charge in [0.05, 0.1) is 11.6 Å². The van der Waals surface area contributed by atoms with E-state index in [9.17, 15) is 0 Å². The van der Waals surface area contributed by atoms with Crippen LogP contribution in [-0.4, -0.2) is 11.7 Å². The SMILES string of the molecule is N#Cc1ccc(-c2ccc3cc(CCO)ccc3c2)cc1. The third-order valence-electron chi connectivity index (χ3n) is 3.65. The van der Waals surface area contributed by atoms with Crippen molar-refractivity contribution in [3.05, 3.63) is 71.8 Å². The van der Waals surface area contributed by atoms with Gasteiger partial charge in [0.1, 0.15) is 0 Å². The average molecular weight is 273 g/mol. The fourth-order valence-corrected chi connectivity index (χ4v) is 2.50. The highest BCUT2D eigenvalue weighted by Gasteiger charge is 2.01. The number of nitriles is 1. The summed E-state index contributed by atoms with van der Waals surface area (Å²) in [4.78, 5) is 0. The molecule has 0 heterocycles. The molecule has 1 N–H and O–H groups in total. The summed E-state index contributed by atoms with van der Waals surface area (Å²) in [5.74, 6) is 0. The maximum atomic E-state index is 9.00. The van der Waals surface area contributed by atoms with Crippen molar-refractivity contribution < 1.29 is 5.11 Å². The minimum absolute atomic E-state index is 0.175. The summed E-state index contributed by atoms with van der Waals surface area (Å²) in [6.45, 7) is 0.175. The van der Waals surface area contributed by atoms with Crippen molar-refractivity contribution in [2.75, 3.05) is 6.61 Å². The molecule has 0 amide bonds. The Balaban J connectivity index is 2.00. The lowest BCUT2D eigenvalue weighted by Gasteiger charge is -2.06. The molecule has 0 bridgehead atoms. The Kier molecular flexibility index (Phi) is 3.68. The van der Waals surface area contributed by atoms with Crippen LogP contribution in [0.4, 0.5) is 0 Å².